The Bertz CT molecular complexity index is 349. The molecule has 0 saturated carbocycles. The van der Waals surface area contributed by atoms with Crippen molar-refractivity contribution in [3.05, 3.63) is 18.2 Å². The number of hydrogen-bond acceptors (Lipinski definition) is 4. The predicted octanol–water partition coefficient (Wildman–Crippen LogP) is -0.293. The number of nitrogens with one attached hydrogen (secondary N) is 1. The number of methoxy groups -OCH3 is 1. The first kappa shape index (κ1) is 13.7. The van der Waals surface area contributed by atoms with E-state index in [0.717, 1.165) is 12.2 Å². The van der Waals surface area contributed by atoms with Crippen molar-refractivity contribution in [1.29, 1.82) is 0 Å². The normalized spacial score (nSPS) is 10.5. The highest BCUT2D eigenvalue weighted by Gasteiger charge is 2.08. The SMILES string of the molecule is COCCNCc1cncn1CC(=O)N(C)C. The summed E-state index contributed by atoms with van der Waals surface area (Å²) < 4.78 is 6.79. The average Bonchev–Trinajstić information content (AvgIpc) is 2.72. The van der Waals surface area contributed by atoms with Gasteiger partial charge in [-0.2, -0.15) is 0 Å². The molecule has 0 aliphatic heterocycles. The van der Waals surface area contributed by atoms with Crippen molar-refractivity contribution in [1.82, 2.24) is 19.8 Å². The smallest absolute Gasteiger partial charge is 0.242 e. The lowest BCUT2D eigenvalue weighted by Crippen LogP contribution is -2.27. The van der Waals surface area contributed by atoms with E-state index in [4.69, 9.17) is 4.74 Å². The molecule has 1 rings (SSSR count). The van der Waals surface area contributed by atoms with Crippen molar-refractivity contribution in [2.24, 2.45) is 0 Å². The first-order chi connectivity index (χ1) is 8.15. The minimum Gasteiger partial charge on any atom is -0.383 e. The Kier molecular flexibility index (Phi) is 5.65. The minimum atomic E-state index is 0.0566. The number of imidazole rings is 1. The van der Waals surface area contributed by atoms with Crippen molar-refractivity contribution in [2.75, 3.05) is 34.4 Å². The molecule has 6 nitrogen and oxygen atoms in total. The van der Waals surface area contributed by atoms with Gasteiger partial charge in [0, 0.05) is 40.5 Å². The second-order valence-electron chi connectivity index (χ2n) is 3.97. The second-order valence-corrected chi connectivity index (χ2v) is 3.97. The Hall–Kier alpha value is -1.40. The van der Waals surface area contributed by atoms with Crippen molar-refractivity contribution < 1.29 is 9.53 Å². The van der Waals surface area contributed by atoms with Gasteiger partial charge in [-0.05, 0) is 0 Å². The van der Waals surface area contributed by atoms with Gasteiger partial charge in [0.05, 0.1) is 18.6 Å². The fourth-order valence-electron chi connectivity index (χ4n) is 1.32. The van der Waals surface area contributed by atoms with E-state index in [1.807, 2.05) is 4.57 Å². The highest BCUT2D eigenvalue weighted by Crippen LogP contribution is 1.99. The Morgan fingerprint density at radius 1 is 1.59 bits per heavy atom. The molecule has 1 N–H and O–H groups in total. The minimum absolute atomic E-state index is 0.0566. The van der Waals surface area contributed by atoms with Crippen LogP contribution >= 0.6 is 0 Å². The Morgan fingerprint density at radius 2 is 2.35 bits per heavy atom. The third-order valence-corrected chi connectivity index (χ3v) is 2.39. The number of hydrogen-bond donors (Lipinski definition) is 1. The Labute approximate surface area is 102 Å². The highest BCUT2D eigenvalue weighted by molar-refractivity contribution is 5.75. The van der Waals surface area contributed by atoms with Gasteiger partial charge in [0.1, 0.15) is 6.54 Å². The molecular formula is C11H20N4O2. The summed E-state index contributed by atoms with van der Waals surface area (Å²) in [4.78, 5) is 17.2. The van der Waals surface area contributed by atoms with Gasteiger partial charge in [-0.25, -0.2) is 4.98 Å². The molecule has 0 spiro atoms. The number of carbonyl (C=O) groups excluding carboxylic acids is 1. The highest BCUT2D eigenvalue weighted by atomic mass is 16.5. The molecule has 0 saturated heterocycles. The van der Waals surface area contributed by atoms with Gasteiger partial charge in [0.25, 0.3) is 0 Å². The molecule has 0 aliphatic rings. The molecule has 0 bridgehead atoms. The fourth-order valence-corrected chi connectivity index (χ4v) is 1.32. The standard InChI is InChI=1S/C11H20N4O2/c1-14(2)11(16)8-15-9-13-7-10(15)6-12-4-5-17-3/h7,9,12H,4-6,8H2,1-3H3. The van der Waals surface area contributed by atoms with Crippen molar-refractivity contribution >= 4 is 5.91 Å². The lowest BCUT2D eigenvalue weighted by Gasteiger charge is -2.13. The molecule has 0 radical (unpaired) electrons. The predicted molar refractivity (Wildman–Crippen MR) is 64.5 cm³/mol. The van der Waals surface area contributed by atoms with E-state index in [2.05, 4.69) is 10.3 Å². The number of rotatable bonds is 7. The molecule has 96 valence electrons. The van der Waals surface area contributed by atoms with E-state index in [1.165, 1.54) is 0 Å². The molecule has 0 aromatic carbocycles. The fraction of sp³-hybridized carbons (Fsp3) is 0.636. The summed E-state index contributed by atoms with van der Waals surface area (Å²) in [6.07, 6.45) is 3.44. The summed E-state index contributed by atoms with van der Waals surface area (Å²) in [6.45, 7) is 2.46. The molecule has 0 atom stereocenters. The van der Waals surface area contributed by atoms with Gasteiger partial charge in [-0.3, -0.25) is 4.79 Å². The molecule has 0 unspecified atom stereocenters. The van der Waals surface area contributed by atoms with Crippen LogP contribution < -0.4 is 5.32 Å². The molecule has 6 heteroatoms. The summed E-state index contributed by atoms with van der Waals surface area (Å²) in [5, 5.41) is 3.22. The average molecular weight is 240 g/mol. The first-order valence-corrected chi connectivity index (χ1v) is 5.54. The van der Waals surface area contributed by atoms with Gasteiger partial charge < -0.3 is 19.5 Å². The number of likely N-dealkylation sites (N-methyl/N-ethyl adjacent to an activating group) is 1. The van der Waals surface area contributed by atoms with E-state index < -0.39 is 0 Å². The summed E-state index contributed by atoms with van der Waals surface area (Å²) in [6, 6.07) is 0. The maximum absolute atomic E-state index is 11.6. The largest absolute Gasteiger partial charge is 0.383 e. The number of ether oxygens (including phenoxy) is 1. The lowest BCUT2D eigenvalue weighted by molar-refractivity contribution is -0.129. The monoisotopic (exact) mass is 240 g/mol. The van der Waals surface area contributed by atoms with E-state index in [-0.39, 0.29) is 5.91 Å². The quantitative estimate of drug-likeness (QED) is 0.665. The summed E-state index contributed by atoms with van der Waals surface area (Å²) in [5.74, 6) is 0.0566. The van der Waals surface area contributed by atoms with E-state index in [1.54, 1.807) is 38.6 Å². The zero-order valence-electron chi connectivity index (χ0n) is 10.6. The van der Waals surface area contributed by atoms with Crippen molar-refractivity contribution in [2.45, 2.75) is 13.1 Å². The molecule has 1 aromatic rings. The van der Waals surface area contributed by atoms with Crippen LogP contribution in [-0.4, -0.2) is 54.7 Å². The molecule has 1 heterocycles. The number of aromatic nitrogens is 2. The van der Waals surface area contributed by atoms with E-state index >= 15 is 0 Å². The zero-order valence-corrected chi connectivity index (χ0v) is 10.6. The van der Waals surface area contributed by atoms with E-state index in [9.17, 15) is 4.79 Å². The van der Waals surface area contributed by atoms with Gasteiger partial charge >= 0.3 is 0 Å². The van der Waals surface area contributed by atoms with Crippen LogP contribution in [0, 0.1) is 0 Å². The van der Waals surface area contributed by atoms with Crippen LogP contribution in [0.2, 0.25) is 0 Å². The molecule has 0 aliphatic carbocycles. The van der Waals surface area contributed by atoms with Crippen LogP contribution in [0.1, 0.15) is 5.69 Å². The molecular weight excluding hydrogens is 220 g/mol. The van der Waals surface area contributed by atoms with Gasteiger partial charge in [0.2, 0.25) is 5.91 Å². The first-order valence-electron chi connectivity index (χ1n) is 5.54. The molecule has 17 heavy (non-hydrogen) atoms. The van der Waals surface area contributed by atoms with Gasteiger partial charge in [-0.1, -0.05) is 0 Å². The van der Waals surface area contributed by atoms with Crippen LogP contribution in [0.15, 0.2) is 12.5 Å². The van der Waals surface area contributed by atoms with Crippen LogP contribution in [-0.2, 0) is 22.6 Å². The summed E-state index contributed by atoms with van der Waals surface area (Å²) in [5.41, 5.74) is 0.997. The summed E-state index contributed by atoms with van der Waals surface area (Å²) in [7, 11) is 5.16. The topological polar surface area (TPSA) is 59.4 Å². The zero-order chi connectivity index (χ0) is 12.7. The maximum Gasteiger partial charge on any atom is 0.242 e. The third-order valence-electron chi connectivity index (χ3n) is 2.39. The summed E-state index contributed by atoms with van der Waals surface area (Å²) >= 11 is 0. The van der Waals surface area contributed by atoms with Crippen LogP contribution in [0.5, 0.6) is 0 Å². The van der Waals surface area contributed by atoms with Crippen molar-refractivity contribution in [3.63, 3.8) is 0 Å². The number of carbonyl (C=O) groups is 1. The van der Waals surface area contributed by atoms with E-state index in [0.29, 0.717) is 19.7 Å². The van der Waals surface area contributed by atoms with Crippen LogP contribution in [0.25, 0.3) is 0 Å². The molecule has 1 amide bonds. The number of nitrogens with zero attached hydrogens (tertiary/aromatic N) is 3. The third kappa shape index (κ3) is 4.54. The van der Waals surface area contributed by atoms with Crippen LogP contribution in [0.4, 0.5) is 0 Å². The molecule has 0 fully saturated rings. The van der Waals surface area contributed by atoms with Gasteiger partial charge in [0.15, 0.2) is 0 Å². The molecule has 1 aromatic heterocycles. The Morgan fingerprint density at radius 3 is 3.00 bits per heavy atom. The number of amides is 1. The van der Waals surface area contributed by atoms with Crippen molar-refractivity contribution in [3.8, 4) is 0 Å². The lowest BCUT2D eigenvalue weighted by atomic mass is 10.4. The maximum atomic E-state index is 11.6. The van der Waals surface area contributed by atoms with Crippen LogP contribution in [0.3, 0.4) is 0 Å². The van der Waals surface area contributed by atoms with Gasteiger partial charge in [-0.15, -0.1) is 0 Å². The Balaban J connectivity index is 2.45. The second kappa shape index (κ2) is 7.03.